The Hall–Kier alpha value is -1.84. The first-order chi connectivity index (χ1) is 9.70. The number of ether oxygens (including phenoxy) is 1. The third kappa shape index (κ3) is 3.83. The fourth-order valence-corrected chi connectivity index (χ4v) is 2.35. The number of benzene rings is 1. The van der Waals surface area contributed by atoms with Crippen LogP contribution in [0.5, 0.6) is 5.75 Å². The maximum atomic E-state index is 13.5. The summed E-state index contributed by atoms with van der Waals surface area (Å²) in [5.74, 6) is -0.207. The molecule has 3 nitrogen and oxygen atoms in total. The normalized spacial score (nSPS) is 16.2. The van der Waals surface area contributed by atoms with Crippen molar-refractivity contribution >= 4 is 12.0 Å². The lowest BCUT2D eigenvalue weighted by molar-refractivity contribution is -0.125. The van der Waals surface area contributed by atoms with E-state index in [1.54, 1.807) is 18.2 Å². The van der Waals surface area contributed by atoms with E-state index in [1.165, 1.54) is 32.1 Å². The van der Waals surface area contributed by atoms with Crippen LogP contribution in [0.15, 0.2) is 24.3 Å². The number of amides is 1. The summed E-state index contributed by atoms with van der Waals surface area (Å²) in [4.78, 5) is 13.9. The molecular weight excluding hydrogens is 257 g/mol. The van der Waals surface area contributed by atoms with Crippen molar-refractivity contribution in [1.29, 1.82) is 0 Å². The molecule has 1 aliphatic rings. The Morgan fingerprint density at radius 1 is 1.25 bits per heavy atom. The van der Waals surface area contributed by atoms with Crippen molar-refractivity contribution in [1.82, 2.24) is 4.90 Å². The van der Waals surface area contributed by atoms with Gasteiger partial charge in [-0.05, 0) is 36.6 Å². The largest absolute Gasteiger partial charge is 0.494 e. The predicted molar refractivity (Wildman–Crippen MR) is 77.0 cm³/mol. The van der Waals surface area contributed by atoms with Gasteiger partial charge in [-0.2, -0.15) is 0 Å². The van der Waals surface area contributed by atoms with E-state index in [-0.39, 0.29) is 11.7 Å². The molecule has 1 aromatic carbocycles. The first kappa shape index (κ1) is 14.6. The summed E-state index contributed by atoms with van der Waals surface area (Å²) in [5, 5.41) is 0. The Kier molecular flexibility index (Phi) is 5.16. The number of nitrogens with zero attached hydrogens (tertiary/aromatic N) is 1. The van der Waals surface area contributed by atoms with Crippen LogP contribution < -0.4 is 4.74 Å². The minimum Gasteiger partial charge on any atom is -0.494 e. The molecule has 0 aromatic heterocycles. The van der Waals surface area contributed by atoms with Crippen LogP contribution in [0, 0.1) is 5.82 Å². The molecule has 1 heterocycles. The zero-order valence-electron chi connectivity index (χ0n) is 11.8. The van der Waals surface area contributed by atoms with Gasteiger partial charge in [-0.1, -0.05) is 18.9 Å². The van der Waals surface area contributed by atoms with Crippen LogP contribution in [-0.2, 0) is 4.79 Å². The quantitative estimate of drug-likeness (QED) is 0.794. The summed E-state index contributed by atoms with van der Waals surface area (Å²) in [6.45, 7) is 1.64. The highest BCUT2D eigenvalue weighted by molar-refractivity contribution is 5.91. The maximum absolute atomic E-state index is 13.5. The van der Waals surface area contributed by atoms with E-state index in [9.17, 15) is 9.18 Å². The SMILES string of the molecule is COc1ccc(C=CC(=O)N2CCCCCC2)cc1F. The monoisotopic (exact) mass is 277 g/mol. The second-order valence-corrected chi connectivity index (χ2v) is 4.97. The van der Waals surface area contributed by atoms with Gasteiger partial charge >= 0.3 is 0 Å². The van der Waals surface area contributed by atoms with Crippen LogP contribution in [0.1, 0.15) is 31.2 Å². The lowest BCUT2D eigenvalue weighted by atomic mass is 10.2. The maximum Gasteiger partial charge on any atom is 0.246 e. The van der Waals surface area contributed by atoms with Crippen molar-refractivity contribution in [3.05, 3.63) is 35.7 Å². The highest BCUT2D eigenvalue weighted by Crippen LogP contribution is 2.18. The van der Waals surface area contributed by atoms with Crippen LogP contribution in [0.2, 0.25) is 0 Å². The molecule has 0 radical (unpaired) electrons. The van der Waals surface area contributed by atoms with Crippen molar-refractivity contribution in [2.45, 2.75) is 25.7 Å². The van der Waals surface area contributed by atoms with Crippen molar-refractivity contribution in [3.63, 3.8) is 0 Å². The molecule has 2 rings (SSSR count). The van der Waals surface area contributed by atoms with E-state index in [0.29, 0.717) is 5.56 Å². The molecule has 108 valence electrons. The van der Waals surface area contributed by atoms with E-state index < -0.39 is 5.82 Å². The second kappa shape index (κ2) is 7.08. The van der Waals surface area contributed by atoms with Gasteiger partial charge in [0.05, 0.1) is 7.11 Å². The lowest BCUT2D eigenvalue weighted by Crippen LogP contribution is -2.30. The Labute approximate surface area is 119 Å². The molecule has 1 amide bonds. The highest BCUT2D eigenvalue weighted by atomic mass is 19.1. The molecule has 20 heavy (non-hydrogen) atoms. The molecule has 1 fully saturated rings. The summed E-state index contributed by atoms with van der Waals surface area (Å²) in [7, 11) is 1.43. The molecule has 0 bridgehead atoms. The average molecular weight is 277 g/mol. The number of likely N-dealkylation sites (tertiary alicyclic amines) is 1. The molecule has 1 saturated heterocycles. The van der Waals surface area contributed by atoms with Crippen LogP contribution in [0.3, 0.4) is 0 Å². The molecule has 1 aliphatic heterocycles. The molecule has 0 atom stereocenters. The van der Waals surface area contributed by atoms with Gasteiger partial charge in [-0.3, -0.25) is 4.79 Å². The van der Waals surface area contributed by atoms with E-state index in [4.69, 9.17) is 4.74 Å². The molecule has 4 heteroatoms. The van der Waals surface area contributed by atoms with Crippen molar-refractivity contribution < 1.29 is 13.9 Å². The second-order valence-electron chi connectivity index (χ2n) is 4.97. The molecule has 1 aromatic rings. The molecule has 0 spiro atoms. The molecular formula is C16H20FNO2. The van der Waals surface area contributed by atoms with E-state index in [1.807, 2.05) is 4.90 Å². The molecule has 0 aliphatic carbocycles. The number of hydrogen-bond donors (Lipinski definition) is 0. The molecule has 0 N–H and O–H groups in total. The van der Waals surface area contributed by atoms with Crippen LogP contribution in [0.25, 0.3) is 6.08 Å². The summed E-state index contributed by atoms with van der Waals surface area (Å²) in [5.41, 5.74) is 0.659. The number of carbonyl (C=O) groups is 1. The number of methoxy groups -OCH3 is 1. The van der Waals surface area contributed by atoms with E-state index >= 15 is 0 Å². The van der Waals surface area contributed by atoms with Crippen LogP contribution in [0.4, 0.5) is 4.39 Å². The van der Waals surface area contributed by atoms with Gasteiger partial charge in [0, 0.05) is 19.2 Å². The number of halogens is 1. The van der Waals surface area contributed by atoms with Crippen molar-refractivity contribution in [2.75, 3.05) is 20.2 Å². The summed E-state index contributed by atoms with van der Waals surface area (Å²) < 4.78 is 18.4. The van der Waals surface area contributed by atoms with E-state index in [2.05, 4.69) is 0 Å². The first-order valence-corrected chi connectivity index (χ1v) is 7.01. The highest BCUT2D eigenvalue weighted by Gasteiger charge is 2.12. The third-order valence-electron chi connectivity index (χ3n) is 3.51. The van der Waals surface area contributed by atoms with E-state index in [0.717, 1.165) is 25.9 Å². The number of carbonyl (C=O) groups excluding carboxylic acids is 1. The van der Waals surface area contributed by atoms with Crippen LogP contribution >= 0.6 is 0 Å². The smallest absolute Gasteiger partial charge is 0.246 e. The van der Waals surface area contributed by atoms with Gasteiger partial charge in [0.2, 0.25) is 5.91 Å². The Bertz CT molecular complexity index is 491. The molecule has 0 unspecified atom stereocenters. The van der Waals surface area contributed by atoms with Crippen molar-refractivity contribution in [3.8, 4) is 5.75 Å². The van der Waals surface area contributed by atoms with Gasteiger partial charge in [0.1, 0.15) is 0 Å². The van der Waals surface area contributed by atoms with Gasteiger partial charge < -0.3 is 9.64 Å². The number of hydrogen-bond acceptors (Lipinski definition) is 2. The minimum absolute atomic E-state index is 0.00289. The average Bonchev–Trinajstić information content (AvgIpc) is 2.74. The van der Waals surface area contributed by atoms with Gasteiger partial charge in [-0.15, -0.1) is 0 Å². The van der Waals surface area contributed by atoms with Gasteiger partial charge in [0.25, 0.3) is 0 Å². The standard InChI is InChI=1S/C16H20FNO2/c1-20-15-8-6-13(12-14(15)17)7-9-16(19)18-10-4-2-3-5-11-18/h6-9,12H,2-5,10-11H2,1H3. The fourth-order valence-electron chi connectivity index (χ4n) is 2.35. The Morgan fingerprint density at radius 3 is 2.55 bits per heavy atom. The first-order valence-electron chi connectivity index (χ1n) is 7.01. The van der Waals surface area contributed by atoms with Crippen molar-refractivity contribution in [2.24, 2.45) is 0 Å². The topological polar surface area (TPSA) is 29.5 Å². The van der Waals surface area contributed by atoms with Gasteiger partial charge in [0.15, 0.2) is 11.6 Å². The minimum atomic E-state index is -0.420. The predicted octanol–water partition coefficient (Wildman–Crippen LogP) is 3.25. The summed E-state index contributed by atoms with van der Waals surface area (Å²) in [6, 6.07) is 4.66. The summed E-state index contributed by atoms with van der Waals surface area (Å²) >= 11 is 0. The van der Waals surface area contributed by atoms with Crippen LogP contribution in [-0.4, -0.2) is 31.0 Å². The Balaban J connectivity index is 2.00. The lowest BCUT2D eigenvalue weighted by Gasteiger charge is -2.17. The Morgan fingerprint density at radius 2 is 1.95 bits per heavy atom. The third-order valence-corrected chi connectivity index (χ3v) is 3.51. The van der Waals surface area contributed by atoms with Gasteiger partial charge in [-0.25, -0.2) is 4.39 Å². The zero-order chi connectivity index (χ0) is 14.4. The zero-order valence-corrected chi connectivity index (χ0v) is 11.8. The number of rotatable bonds is 3. The summed E-state index contributed by atoms with van der Waals surface area (Å²) in [6.07, 6.45) is 7.68. The fraction of sp³-hybridized carbons (Fsp3) is 0.438. The molecule has 0 saturated carbocycles.